The van der Waals surface area contributed by atoms with E-state index in [4.69, 9.17) is 4.42 Å². The van der Waals surface area contributed by atoms with E-state index >= 15 is 0 Å². The zero-order valence-electron chi connectivity index (χ0n) is 15.0. The molecule has 7 nitrogen and oxygen atoms in total. The highest BCUT2D eigenvalue weighted by molar-refractivity contribution is 8.18. The standard InChI is InChI=1S/C21H14N2O5S/c24-20-19(12-16-10-11-18(28-16)14-6-2-1-3-7-14)29-21(25)22(20)13-15-8-4-5-9-17(15)23(26)27/h1-12H,13H2/b19-12-. The Hall–Kier alpha value is -3.65. The third kappa shape index (κ3) is 3.83. The number of amides is 2. The number of nitro benzene ring substituents is 1. The van der Waals surface area contributed by atoms with Gasteiger partial charge >= 0.3 is 0 Å². The van der Waals surface area contributed by atoms with E-state index in [1.165, 1.54) is 24.3 Å². The fraction of sp³-hybridized carbons (Fsp3) is 0.0476. The zero-order valence-corrected chi connectivity index (χ0v) is 15.8. The second kappa shape index (κ2) is 7.76. The highest BCUT2D eigenvalue weighted by atomic mass is 32.2. The molecule has 2 heterocycles. The first-order valence-electron chi connectivity index (χ1n) is 8.66. The summed E-state index contributed by atoms with van der Waals surface area (Å²) in [6.45, 7) is -0.160. The van der Waals surface area contributed by atoms with Gasteiger partial charge in [-0.05, 0) is 23.9 Å². The number of thioether (sulfide) groups is 1. The summed E-state index contributed by atoms with van der Waals surface area (Å²) in [6.07, 6.45) is 1.51. The molecular weight excluding hydrogens is 392 g/mol. The van der Waals surface area contributed by atoms with Crippen LogP contribution in [-0.4, -0.2) is 21.0 Å². The van der Waals surface area contributed by atoms with Crippen molar-refractivity contribution in [2.75, 3.05) is 0 Å². The minimum absolute atomic E-state index is 0.130. The lowest BCUT2D eigenvalue weighted by Crippen LogP contribution is -2.27. The van der Waals surface area contributed by atoms with Gasteiger partial charge in [-0.2, -0.15) is 0 Å². The van der Waals surface area contributed by atoms with Crippen molar-refractivity contribution in [3.05, 3.63) is 93.1 Å². The maximum absolute atomic E-state index is 12.7. The van der Waals surface area contributed by atoms with Crippen molar-refractivity contribution >= 4 is 34.7 Å². The van der Waals surface area contributed by atoms with Crippen LogP contribution >= 0.6 is 11.8 Å². The molecule has 0 bridgehead atoms. The first-order chi connectivity index (χ1) is 14.0. The highest BCUT2D eigenvalue weighted by Gasteiger charge is 2.36. The predicted octanol–water partition coefficient (Wildman–Crippen LogP) is 5.09. The topological polar surface area (TPSA) is 93.7 Å². The summed E-state index contributed by atoms with van der Waals surface area (Å²) in [6, 6.07) is 19.1. The molecule has 144 valence electrons. The Morgan fingerprint density at radius 3 is 2.48 bits per heavy atom. The largest absolute Gasteiger partial charge is 0.457 e. The van der Waals surface area contributed by atoms with Crippen LogP contribution in [0.5, 0.6) is 0 Å². The third-order valence-electron chi connectivity index (χ3n) is 4.35. The van der Waals surface area contributed by atoms with Crippen LogP contribution in [0.25, 0.3) is 17.4 Å². The van der Waals surface area contributed by atoms with Crippen molar-refractivity contribution in [1.29, 1.82) is 0 Å². The van der Waals surface area contributed by atoms with Gasteiger partial charge in [0.25, 0.3) is 16.8 Å². The minimum Gasteiger partial charge on any atom is -0.457 e. The molecule has 29 heavy (non-hydrogen) atoms. The molecule has 0 spiro atoms. The summed E-state index contributed by atoms with van der Waals surface area (Å²) in [5, 5.41) is 10.7. The molecule has 0 radical (unpaired) electrons. The second-order valence-corrected chi connectivity index (χ2v) is 7.21. The van der Waals surface area contributed by atoms with E-state index in [1.54, 1.807) is 18.2 Å². The van der Waals surface area contributed by atoms with Gasteiger partial charge in [0.05, 0.1) is 16.4 Å². The number of rotatable bonds is 5. The van der Waals surface area contributed by atoms with Gasteiger partial charge in [0, 0.05) is 23.3 Å². The van der Waals surface area contributed by atoms with E-state index in [-0.39, 0.29) is 17.1 Å². The predicted molar refractivity (Wildman–Crippen MR) is 109 cm³/mol. The van der Waals surface area contributed by atoms with Gasteiger partial charge in [-0.1, -0.05) is 48.5 Å². The van der Waals surface area contributed by atoms with Crippen LogP contribution in [0, 0.1) is 10.1 Å². The maximum Gasteiger partial charge on any atom is 0.293 e. The van der Waals surface area contributed by atoms with Crippen molar-refractivity contribution in [3.8, 4) is 11.3 Å². The summed E-state index contributed by atoms with van der Waals surface area (Å²) in [7, 11) is 0. The maximum atomic E-state index is 12.7. The van der Waals surface area contributed by atoms with E-state index in [0.29, 0.717) is 17.1 Å². The van der Waals surface area contributed by atoms with Gasteiger partial charge in [0.2, 0.25) is 0 Å². The fourth-order valence-corrected chi connectivity index (χ4v) is 3.76. The normalized spacial score (nSPS) is 15.3. The molecule has 1 fully saturated rings. The number of benzene rings is 2. The van der Waals surface area contributed by atoms with Crippen LogP contribution in [0.4, 0.5) is 10.5 Å². The van der Waals surface area contributed by atoms with Crippen molar-refractivity contribution in [2.24, 2.45) is 0 Å². The van der Waals surface area contributed by atoms with Crippen molar-refractivity contribution in [3.63, 3.8) is 0 Å². The van der Waals surface area contributed by atoms with Crippen LogP contribution in [0.1, 0.15) is 11.3 Å². The number of furan rings is 1. The monoisotopic (exact) mass is 406 g/mol. The molecule has 2 amide bonds. The lowest BCUT2D eigenvalue weighted by Gasteiger charge is -2.12. The van der Waals surface area contributed by atoms with Crippen LogP contribution in [0.2, 0.25) is 0 Å². The molecule has 4 rings (SSSR count). The number of nitrogens with zero attached hydrogens (tertiary/aromatic N) is 2. The number of imide groups is 1. The molecule has 0 atom stereocenters. The van der Waals surface area contributed by atoms with Gasteiger partial charge in [-0.25, -0.2) is 0 Å². The molecule has 0 aliphatic carbocycles. The molecule has 3 aromatic rings. The van der Waals surface area contributed by atoms with Crippen molar-refractivity contribution in [1.82, 2.24) is 4.90 Å². The molecule has 1 aliphatic rings. The number of carbonyl (C=O) groups excluding carboxylic acids is 2. The van der Waals surface area contributed by atoms with Gasteiger partial charge in [-0.15, -0.1) is 0 Å². The number of para-hydroxylation sites is 1. The van der Waals surface area contributed by atoms with Crippen LogP contribution in [0.3, 0.4) is 0 Å². The summed E-state index contributed by atoms with van der Waals surface area (Å²) >= 11 is 0.784. The molecule has 1 saturated heterocycles. The van der Waals surface area contributed by atoms with Gasteiger partial charge in [0.15, 0.2) is 0 Å². The average Bonchev–Trinajstić information content (AvgIpc) is 3.29. The smallest absolute Gasteiger partial charge is 0.293 e. The molecule has 0 N–H and O–H groups in total. The molecule has 8 heteroatoms. The molecule has 2 aromatic carbocycles. The Morgan fingerprint density at radius 2 is 1.72 bits per heavy atom. The summed E-state index contributed by atoms with van der Waals surface area (Å²) < 4.78 is 5.76. The summed E-state index contributed by atoms with van der Waals surface area (Å²) in [5.41, 5.74) is 1.07. The average molecular weight is 406 g/mol. The van der Waals surface area contributed by atoms with Crippen LogP contribution in [-0.2, 0) is 11.3 Å². The van der Waals surface area contributed by atoms with E-state index < -0.39 is 16.1 Å². The Kier molecular flexibility index (Phi) is 5.01. The van der Waals surface area contributed by atoms with Crippen LogP contribution < -0.4 is 0 Å². The Morgan fingerprint density at radius 1 is 1.00 bits per heavy atom. The quantitative estimate of drug-likeness (QED) is 0.333. The van der Waals surface area contributed by atoms with Crippen molar-refractivity contribution < 1.29 is 18.9 Å². The lowest BCUT2D eigenvalue weighted by molar-refractivity contribution is -0.385. The fourth-order valence-electron chi connectivity index (χ4n) is 2.95. The number of nitro groups is 1. The van der Waals surface area contributed by atoms with Gasteiger partial charge in [-0.3, -0.25) is 24.6 Å². The zero-order chi connectivity index (χ0) is 20.4. The third-order valence-corrected chi connectivity index (χ3v) is 5.26. The minimum atomic E-state index is -0.530. The van der Waals surface area contributed by atoms with Gasteiger partial charge in [0.1, 0.15) is 11.5 Å². The van der Waals surface area contributed by atoms with Crippen LogP contribution in [0.15, 0.2) is 76.1 Å². The Balaban J connectivity index is 1.56. The van der Waals surface area contributed by atoms with E-state index in [0.717, 1.165) is 22.2 Å². The van der Waals surface area contributed by atoms with E-state index in [9.17, 15) is 19.7 Å². The molecule has 0 unspecified atom stereocenters. The SMILES string of the molecule is O=C1S/C(=C\c2ccc(-c3ccccc3)o2)C(=O)N1Cc1ccccc1[N+](=O)[O-]. The summed E-state index contributed by atoms with van der Waals surface area (Å²) in [4.78, 5) is 36.9. The molecule has 1 aliphatic heterocycles. The molecule has 0 saturated carbocycles. The number of hydrogen-bond donors (Lipinski definition) is 0. The molecular formula is C21H14N2O5S. The number of carbonyl (C=O) groups is 2. The molecule has 1 aromatic heterocycles. The first-order valence-corrected chi connectivity index (χ1v) is 9.47. The second-order valence-electron chi connectivity index (χ2n) is 6.22. The Labute approximate surface area is 169 Å². The van der Waals surface area contributed by atoms with E-state index in [2.05, 4.69) is 0 Å². The highest BCUT2D eigenvalue weighted by Crippen LogP contribution is 2.35. The lowest BCUT2D eigenvalue weighted by atomic mass is 10.1. The van der Waals surface area contributed by atoms with Gasteiger partial charge < -0.3 is 4.42 Å². The van der Waals surface area contributed by atoms with Crippen molar-refractivity contribution in [2.45, 2.75) is 6.54 Å². The Bertz CT molecular complexity index is 1140. The first kappa shape index (κ1) is 18.7. The van der Waals surface area contributed by atoms with E-state index in [1.807, 2.05) is 30.3 Å². The summed E-state index contributed by atoms with van der Waals surface area (Å²) in [5.74, 6) is 0.590. The number of hydrogen-bond acceptors (Lipinski definition) is 6.